The topological polar surface area (TPSA) is 58.4 Å². The molecule has 1 aromatic heterocycles. The third-order valence-electron chi connectivity index (χ3n) is 3.33. The maximum Gasteiger partial charge on any atom is 0.317 e. The normalized spacial score (nSPS) is 16.6. The summed E-state index contributed by atoms with van der Waals surface area (Å²) < 4.78 is 5.03. The first-order valence-electron chi connectivity index (χ1n) is 6.01. The lowest BCUT2D eigenvalue weighted by atomic mass is 10.2. The molecule has 94 valence electrons. The number of hydrogen-bond donors (Lipinski definition) is 1. The molecule has 0 unspecified atom stereocenters. The lowest BCUT2D eigenvalue weighted by Crippen LogP contribution is -2.42. The van der Waals surface area contributed by atoms with Crippen molar-refractivity contribution in [3.05, 3.63) is 17.5 Å². The van der Waals surface area contributed by atoms with Gasteiger partial charge in [0, 0.05) is 19.2 Å². The fourth-order valence-corrected chi connectivity index (χ4v) is 1.87. The molecule has 1 heterocycles. The SMILES string of the molecule is Cc1cc(CNC(=O)N(C)[C@H](C)C2CC2)on1. The van der Waals surface area contributed by atoms with E-state index >= 15 is 0 Å². The highest BCUT2D eigenvalue weighted by Gasteiger charge is 2.32. The number of aryl methyl sites for hydroxylation is 1. The Balaban J connectivity index is 1.80. The van der Waals surface area contributed by atoms with Gasteiger partial charge in [-0.1, -0.05) is 5.16 Å². The largest absolute Gasteiger partial charge is 0.359 e. The zero-order valence-electron chi connectivity index (χ0n) is 10.6. The van der Waals surface area contributed by atoms with Crippen LogP contribution in [-0.4, -0.2) is 29.2 Å². The molecule has 0 aromatic carbocycles. The van der Waals surface area contributed by atoms with Crippen molar-refractivity contribution < 1.29 is 9.32 Å². The van der Waals surface area contributed by atoms with Crippen LogP contribution in [0.5, 0.6) is 0 Å². The fraction of sp³-hybridized carbons (Fsp3) is 0.667. The van der Waals surface area contributed by atoms with Crippen LogP contribution in [0.4, 0.5) is 4.79 Å². The number of nitrogens with one attached hydrogen (secondary N) is 1. The van der Waals surface area contributed by atoms with E-state index in [4.69, 9.17) is 4.52 Å². The Bertz CT molecular complexity index is 398. The number of carbonyl (C=O) groups is 1. The molecule has 1 saturated carbocycles. The lowest BCUT2D eigenvalue weighted by molar-refractivity contribution is 0.186. The Labute approximate surface area is 101 Å². The van der Waals surface area contributed by atoms with E-state index in [-0.39, 0.29) is 6.03 Å². The number of nitrogens with zero attached hydrogens (tertiary/aromatic N) is 2. The first kappa shape index (κ1) is 12.0. The Morgan fingerprint density at radius 2 is 2.41 bits per heavy atom. The first-order valence-corrected chi connectivity index (χ1v) is 6.01. The van der Waals surface area contributed by atoms with Crippen LogP contribution in [-0.2, 0) is 6.54 Å². The van der Waals surface area contributed by atoms with Crippen LogP contribution in [0, 0.1) is 12.8 Å². The van der Waals surface area contributed by atoms with Crippen LogP contribution in [0.3, 0.4) is 0 Å². The summed E-state index contributed by atoms with van der Waals surface area (Å²) in [5.41, 5.74) is 0.828. The van der Waals surface area contributed by atoms with E-state index in [0.717, 1.165) is 5.69 Å². The molecule has 1 aromatic rings. The van der Waals surface area contributed by atoms with Crippen LogP contribution in [0.1, 0.15) is 31.2 Å². The molecule has 1 aliphatic carbocycles. The summed E-state index contributed by atoms with van der Waals surface area (Å²) in [6, 6.07) is 2.08. The molecule has 1 N–H and O–H groups in total. The molecule has 1 atom stereocenters. The number of hydrogen-bond acceptors (Lipinski definition) is 3. The summed E-state index contributed by atoms with van der Waals surface area (Å²) >= 11 is 0. The van der Waals surface area contributed by atoms with E-state index in [0.29, 0.717) is 24.3 Å². The highest BCUT2D eigenvalue weighted by molar-refractivity contribution is 5.74. The molecule has 2 amide bonds. The van der Waals surface area contributed by atoms with Gasteiger partial charge in [-0.05, 0) is 32.6 Å². The van der Waals surface area contributed by atoms with Crippen molar-refractivity contribution in [2.75, 3.05) is 7.05 Å². The van der Waals surface area contributed by atoms with Crippen molar-refractivity contribution in [3.63, 3.8) is 0 Å². The Morgan fingerprint density at radius 1 is 1.71 bits per heavy atom. The average molecular weight is 237 g/mol. The summed E-state index contributed by atoms with van der Waals surface area (Å²) in [6.07, 6.45) is 2.47. The molecule has 0 spiro atoms. The maximum absolute atomic E-state index is 11.8. The van der Waals surface area contributed by atoms with Crippen LogP contribution < -0.4 is 5.32 Å². The summed E-state index contributed by atoms with van der Waals surface area (Å²) in [5, 5.41) is 6.60. The van der Waals surface area contributed by atoms with Gasteiger partial charge in [-0.3, -0.25) is 0 Å². The van der Waals surface area contributed by atoms with E-state index in [9.17, 15) is 4.79 Å². The van der Waals surface area contributed by atoms with Crippen LogP contribution in [0.15, 0.2) is 10.6 Å². The summed E-state index contributed by atoms with van der Waals surface area (Å²) in [6.45, 7) is 4.34. The van der Waals surface area contributed by atoms with Gasteiger partial charge < -0.3 is 14.7 Å². The molecule has 5 nitrogen and oxygen atoms in total. The van der Waals surface area contributed by atoms with Crippen LogP contribution in [0.25, 0.3) is 0 Å². The van der Waals surface area contributed by atoms with Gasteiger partial charge in [0.15, 0.2) is 5.76 Å². The predicted molar refractivity (Wildman–Crippen MR) is 63.4 cm³/mol. The number of amides is 2. The minimum absolute atomic E-state index is 0.0570. The summed E-state index contributed by atoms with van der Waals surface area (Å²) in [7, 11) is 1.84. The number of urea groups is 1. The highest BCUT2D eigenvalue weighted by Crippen LogP contribution is 2.34. The molecule has 1 aliphatic rings. The van der Waals surface area contributed by atoms with Crippen molar-refractivity contribution in [1.82, 2.24) is 15.4 Å². The van der Waals surface area contributed by atoms with Gasteiger partial charge in [0.1, 0.15) is 0 Å². The number of rotatable bonds is 4. The van der Waals surface area contributed by atoms with E-state index < -0.39 is 0 Å². The van der Waals surface area contributed by atoms with Gasteiger partial charge in [0.05, 0.1) is 12.2 Å². The minimum Gasteiger partial charge on any atom is -0.359 e. The molecule has 0 radical (unpaired) electrons. The molecule has 2 rings (SSSR count). The second-order valence-electron chi connectivity index (χ2n) is 4.78. The van der Waals surface area contributed by atoms with Crippen molar-refractivity contribution >= 4 is 6.03 Å². The van der Waals surface area contributed by atoms with Gasteiger partial charge in [-0.25, -0.2) is 4.79 Å². The lowest BCUT2D eigenvalue weighted by Gasteiger charge is -2.24. The fourth-order valence-electron chi connectivity index (χ4n) is 1.87. The van der Waals surface area contributed by atoms with E-state index in [1.165, 1.54) is 12.8 Å². The molecule has 0 aliphatic heterocycles. The van der Waals surface area contributed by atoms with Gasteiger partial charge in [-0.15, -0.1) is 0 Å². The van der Waals surface area contributed by atoms with Crippen molar-refractivity contribution in [1.29, 1.82) is 0 Å². The van der Waals surface area contributed by atoms with Crippen molar-refractivity contribution in [2.24, 2.45) is 5.92 Å². The Hall–Kier alpha value is -1.52. The number of aromatic nitrogens is 1. The van der Waals surface area contributed by atoms with Crippen LogP contribution >= 0.6 is 0 Å². The Kier molecular flexibility index (Phi) is 3.36. The summed E-state index contributed by atoms with van der Waals surface area (Å²) in [4.78, 5) is 13.6. The first-order chi connectivity index (χ1) is 8.08. The van der Waals surface area contributed by atoms with E-state index in [1.54, 1.807) is 4.90 Å². The van der Waals surface area contributed by atoms with Crippen molar-refractivity contribution in [3.8, 4) is 0 Å². The molecule has 0 bridgehead atoms. The molecule has 5 heteroatoms. The minimum atomic E-state index is -0.0570. The second-order valence-corrected chi connectivity index (χ2v) is 4.78. The van der Waals surface area contributed by atoms with Gasteiger partial charge in [0.25, 0.3) is 0 Å². The van der Waals surface area contributed by atoms with Crippen molar-refractivity contribution in [2.45, 2.75) is 39.3 Å². The van der Waals surface area contributed by atoms with E-state index in [1.807, 2.05) is 20.0 Å². The molecule has 17 heavy (non-hydrogen) atoms. The standard InChI is InChI=1S/C12H19N3O2/c1-8-6-11(17-14-8)7-13-12(16)15(3)9(2)10-4-5-10/h6,9-10H,4-5,7H2,1-3H3,(H,13,16)/t9-/m1/s1. The third-order valence-corrected chi connectivity index (χ3v) is 3.33. The van der Waals surface area contributed by atoms with Gasteiger partial charge >= 0.3 is 6.03 Å². The monoisotopic (exact) mass is 237 g/mol. The third kappa shape index (κ3) is 2.99. The van der Waals surface area contributed by atoms with E-state index in [2.05, 4.69) is 17.4 Å². The zero-order valence-corrected chi connectivity index (χ0v) is 10.6. The average Bonchev–Trinajstić information content (AvgIpc) is 3.08. The zero-order chi connectivity index (χ0) is 12.4. The number of carbonyl (C=O) groups excluding carboxylic acids is 1. The Morgan fingerprint density at radius 3 is 2.94 bits per heavy atom. The molecule has 0 saturated heterocycles. The summed E-state index contributed by atoms with van der Waals surface area (Å²) in [5.74, 6) is 1.36. The maximum atomic E-state index is 11.8. The highest BCUT2D eigenvalue weighted by atomic mass is 16.5. The molecular formula is C12H19N3O2. The molecular weight excluding hydrogens is 218 g/mol. The van der Waals surface area contributed by atoms with Gasteiger partial charge in [-0.2, -0.15) is 0 Å². The second kappa shape index (κ2) is 4.77. The quantitative estimate of drug-likeness (QED) is 0.870. The van der Waals surface area contributed by atoms with Gasteiger partial charge in [0.2, 0.25) is 0 Å². The molecule has 1 fully saturated rings. The van der Waals surface area contributed by atoms with Crippen LogP contribution in [0.2, 0.25) is 0 Å². The predicted octanol–water partition coefficient (Wildman–Crippen LogP) is 1.92. The smallest absolute Gasteiger partial charge is 0.317 e.